The highest BCUT2D eigenvalue weighted by molar-refractivity contribution is 5.27. The van der Waals surface area contributed by atoms with Crippen LogP contribution in [0.5, 0.6) is 0 Å². The van der Waals surface area contributed by atoms with Gasteiger partial charge in [-0.3, -0.25) is 10.1 Å². The molecule has 10 heavy (non-hydrogen) atoms. The molecular formula is C5H5NO4. The average molecular weight is 143 g/mol. The van der Waals surface area contributed by atoms with Gasteiger partial charge in [-0.2, -0.15) is 0 Å². The first-order valence-electron chi connectivity index (χ1n) is 2.57. The predicted molar refractivity (Wildman–Crippen MR) is 31.3 cm³/mol. The summed E-state index contributed by atoms with van der Waals surface area (Å²) in [5, 5.41) is 18.5. The molecule has 0 radical (unpaired) electrons. The van der Waals surface area contributed by atoms with Crippen LogP contribution in [0.3, 0.4) is 0 Å². The van der Waals surface area contributed by atoms with Crippen molar-refractivity contribution in [1.82, 2.24) is 0 Å². The fourth-order valence-corrected chi connectivity index (χ4v) is 0.608. The number of furan rings is 1. The van der Waals surface area contributed by atoms with Gasteiger partial charge >= 0.3 is 5.88 Å². The fraction of sp³-hybridized carbons (Fsp3) is 0.200. The third kappa shape index (κ3) is 0.985. The first kappa shape index (κ1) is 6.76. The van der Waals surface area contributed by atoms with Gasteiger partial charge in [0, 0.05) is 0 Å². The molecule has 1 rings (SSSR count). The molecule has 1 heterocycles. The standard InChI is InChI=1S/C5H5NO4/c7-3-4-1-2-10-5(4)6(8)9/h1-2,7H,3H2. The number of aliphatic hydroxyl groups is 1. The Morgan fingerprint density at radius 1 is 1.80 bits per heavy atom. The molecule has 0 unspecified atom stereocenters. The monoisotopic (exact) mass is 143 g/mol. The molecule has 0 aliphatic heterocycles. The van der Waals surface area contributed by atoms with Crippen molar-refractivity contribution < 1.29 is 14.4 Å². The maximum absolute atomic E-state index is 10.0. The summed E-state index contributed by atoms with van der Waals surface area (Å²) < 4.78 is 4.46. The summed E-state index contributed by atoms with van der Waals surface area (Å²) in [6.45, 7) is -0.368. The lowest BCUT2D eigenvalue weighted by molar-refractivity contribution is -0.403. The Balaban J connectivity index is 3.01. The molecule has 0 saturated carbocycles. The maximum Gasteiger partial charge on any atom is 0.438 e. The van der Waals surface area contributed by atoms with Gasteiger partial charge in [0.15, 0.2) is 0 Å². The molecule has 1 N–H and O–H groups in total. The minimum Gasteiger partial charge on any atom is -0.409 e. The number of nitro groups is 1. The molecule has 54 valence electrons. The smallest absolute Gasteiger partial charge is 0.409 e. The van der Waals surface area contributed by atoms with Crippen molar-refractivity contribution in [2.24, 2.45) is 0 Å². The van der Waals surface area contributed by atoms with Gasteiger partial charge in [0.05, 0.1) is 18.4 Å². The van der Waals surface area contributed by atoms with E-state index in [1.165, 1.54) is 12.3 Å². The first-order chi connectivity index (χ1) is 4.75. The Morgan fingerprint density at radius 2 is 2.50 bits per heavy atom. The third-order valence-corrected chi connectivity index (χ3v) is 1.06. The van der Waals surface area contributed by atoms with Gasteiger partial charge in [0.1, 0.15) is 4.92 Å². The summed E-state index contributed by atoms with van der Waals surface area (Å²) in [7, 11) is 0. The molecule has 0 saturated heterocycles. The van der Waals surface area contributed by atoms with Gasteiger partial charge in [-0.1, -0.05) is 0 Å². The SMILES string of the molecule is O=[N+]([O-])c1occc1CO. The predicted octanol–water partition coefficient (Wildman–Crippen LogP) is 0.680. The van der Waals surface area contributed by atoms with Crippen molar-refractivity contribution in [2.45, 2.75) is 6.61 Å². The van der Waals surface area contributed by atoms with Gasteiger partial charge in [0.25, 0.3) is 0 Å². The van der Waals surface area contributed by atoms with Crippen molar-refractivity contribution in [3.05, 3.63) is 28.0 Å². The molecular weight excluding hydrogens is 138 g/mol. The fourth-order valence-electron chi connectivity index (χ4n) is 0.608. The zero-order chi connectivity index (χ0) is 7.56. The van der Waals surface area contributed by atoms with E-state index < -0.39 is 4.92 Å². The highest BCUT2D eigenvalue weighted by atomic mass is 16.6. The van der Waals surface area contributed by atoms with E-state index in [2.05, 4.69) is 4.42 Å². The Morgan fingerprint density at radius 3 is 2.90 bits per heavy atom. The Kier molecular flexibility index (Phi) is 1.68. The third-order valence-electron chi connectivity index (χ3n) is 1.06. The van der Waals surface area contributed by atoms with E-state index in [1.807, 2.05) is 0 Å². The number of hydrogen-bond acceptors (Lipinski definition) is 4. The van der Waals surface area contributed by atoms with Crippen molar-refractivity contribution >= 4 is 5.88 Å². The summed E-state index contributed by atoms with van der Waals surface area (Å²) in [6, 6.07) is 1.36. The van der Waals surface area contributed by atoms with Gasteiger partial charge in [0.2, 0.25) is 0 Å². The lowest BCUT2D eigenvalue weighted by Gasteiger charge is -1.85. The summed E-state index contributed by atoms with van der Waals surface area (Å²) in [6.07, 6.45) is 1.17. The lowest BCUT2D eigenvalue weighted by Crippen LogP contribution is -1.90. The zero-order valence-electron chi connectivity index (χ0n) is 4.98. The number of nitrogens with zero attached hydrogens (tertiary/aromatic N) is 1. The van der Waals surface area contributed by atoms with Crippen LogP contribution in [-0.2, 0) is 6.61 Å². The summed E-state index contributed by atoms with van der Waals surface area (Å²) >= 11 is 0. The van der Waals surface area contributed by atoms with Crippen LogP contribution in [0.2, 0.25) is 0 Å². The van der Waals surface area contributed by atoms with E-state index in [4.69, 9.17) is 5.11 Å². The molecule has 0 bridgehead atoms. The van der Waals surface area contributed by atoms with Crippen molar-refractivity contribution in [3.8, 4) is 0 Å². The second kappa shape index (κ2) is 2.49. The Hall–Kier alpha value is -1.36. The second-order valence-electron chi connectivity index (χ2n) is 1.67. The van der Waals surface area contributed by atoms with E-state index >= 15 is 0 Å². The molecule has 0 aliphatic rings. The Bertz CT molecular complexity index is 242. The number of aliphatic hydroxyl groups excluding tert-OH is 1. The molecule has 5 heteroatoms. The molecule has 0 fully saturated rings. The van der Waals surface area contributed by atoms with Crippen molar-refractivity contribution in [1.29, 1.82) is 0 Å². The molecule has 0 aromatic carbocycles. The molecule has 0 atom stereocenters. The van der Waals surface area contributed by atoms with E-state index in [1.54, 1.807) is 0 Å². The summed E-state index contributed by atoms with van der Waals surface area (Å²) in [5.41, 5.74) is 0.199. The highest BCUT2D eigenvalue weighted by Gasteiger charge is 2.15. The van der Waals surface area contributed by atoms with Crippen molar-refractivity contribution in [3.63, 3.8) is 0 Å². The zero-order valence-corrected chi connectivity index (χ0v) is 4.98. The lowest BCUT2D eigenvalue weighted by atomic mass is 10.3. The molecule has 5 nitrogen and oxygen atoms in total. The molecule has 1 aromatic rings. The molecule has 0 amide bonds. The largest absolute Gasteiger partial charge is 0.438 e. The van der Waals surface area contributed by atoms with Gasteiger partial charge in [-0.25, -0.2) is 0 Å². The van der Waals surface area contributed by atoms with E-state index in [-0.39, 0.29) is 18.1 Å². The topological polar surface area (TPSA) is 76.5 Å². The summed E-state index contributed by atoms with van der Waals surface area (Å²) in [5.74, 6) is -0.387. The van der Waals surface area contributed by atoms with Crippen LogP contribution in [-0.4, -0.2) is 10.0 Å². The molecule has 0 aliphatic carbocycles. The van der Waals surface area contributed by atoms with E-state index in [0.29, 0.717) is 0 Å². The van der Waals surface area contributed by atoms with E-state index in [9.17, 15) is 10.1 Å². The minimum absolute atomic E-state index is 0.199. The van der Waals surface area contributed by atoms with Crippen LogP contribution >= 0.6 is 0 Å². The quantitative estimate of drug-likeness (QED) is 0.487. The van der Waals surface area contributed by atoms with Crippen LogP contribution in [0.4, 0.5) is 5.88 Å². The Labute approximate surface area is 56.0 Å². The normalized spacial score (nSPS) is 9.70. The van der Waals surface area contributed by atoms with Crippen LogP contribution in [0, 0.1) is 10.1 Å². The number of rotatable bonds is 2. The first-order valence-corrected chi connectivity index (χ1v) is 2.57. The van der Waals surface area contributed by atoms with Gasteiger partial charge < -0.3 is 9.52 Å². The maximum atomic E-state index is 10.0. The van der Waals surface area contributed by atoms with Crippen LogP contribution in [0.25, 0.3) is 0 Å². The van der Waals surface area contributed by atoms with Crippen LogP contribution in [0.1, 0.15) is 5.56 Å². The van der Waals surface area contributed by atoms with Crippen LogP contribution in [0.15, 0.2) is 16.7 Å². The second-order valence-corrected chi connectivity index (χ2v) is 1.67. The van der Waals surface area contributed by atoms with E-state index in [0.717, 1.165) is 0 Å². The number of hydrogen-bond donors (Lipinski definition) is 1. The summed E-state index contributed by atoms with van der Waals surface area (Å²) in [4.78, 5) is 9.37. The van der Waals surface area contributed by atoms with Gasteiger partial charge in [-0.05, 0) is 6.07 Å². The molecule has 1 aromatic heterocycles. The highest BCUT2D eigenvalue weighted by Crippen LogP contribution is 2.18. The average Bonchev–Trinajstić information content (AvgIpc) is 2.33. The van der Waals surface area contributed by atoms with Crippen LogP contribution < -0.4 is 0 Å². The molecule has 0 spiro atoms. The van der Waals surface area contributed by atoms with Gasteiger partial charge in [-0.15, -0.1) is 0 Å². The minimum atomic E-state index is -0.675. The van der Waals surface area contributed by atoms with Crippen molar-refractivity contribution in [2.75, 3.05) is 0 Å².